The highest BCUT2D eigenvalue weighted by Crippen LogP contribution is 1.89. The molecule has 0 rings (SSSR count). The molecule has 0 amide bonds. The summed E-state index contributed by atoms with van der Waals surface area (Å²) in [5, 5.41) is 8.23. The van der Waals surface area contributed by atoms with Crippen LogP contribution in [0.2, 0.25) is 0 Å². The number of hydrogen-bond donors (Lipinski definition) is 1. The highest BCUT2D eigenvalue weighted by atomic mass is 16.4. The van der Waals surface area contributed by atoms with Crippen molar-refractivity contribution < 1.29 is 9.90 Å². The number of carbonyl (C=O) groups is 1. The van der Waals surface area contributed by atoms with Gasteiger partial charge in [0.25, 0.3) is 0 Å². The van der Waals surface area contributed by atoms with Gasteiger partial charge in [-0.25, -0.2) is 0 Å². The smallest absolute Gasteiger partial charge is 0.315 e. The predicted molar refractivity (Wildman–Crippen MR) is 55.1 cm³/mol. The van der Waals surface area contributed by atoms with E-state index in [1.54, 1.807) is 0 Å². The first-order chi connectivity index (χ1) is 6.77. The quantitative estimate of drug-likeness (QED) is 0.540. The summed E-state index contributed by atoms with van der Waals surface area (Å²) < 4.78 is 0. The van der Waals surface area contributed by atoms with Gasteiger partial charge < -0.3 is 5.11 Å². The second kappa shape index (κ2) is 9.24. The van der Waals surface area contributed by atoms with Crippen LogP contribution in [0.5, 0.6) is 0 Å². The van der Waals surface area contributed by atoms with E-state index in [1.165, 1.54) is 0 Å². The fraction of sp³-hybridized carbons (Fsp3) is 0.417. The first-order valence-electron chi connectivity index (χ1n) is 4.45. The monoisotopic (exact) mass is 188 g/mol. The number of unbranched alkanes of at least 4 members (excludes halogenated alkanes) is 2. The largest absolute Gasteiger partial charge is 0.481 e. The number of carboxylic acid groups (broad SMARTS) is 1. The van der Waals surface area contributed by atoms with E-state index in [9.17, 15) is 4.79 Å². The SMILES string of the molecule is CCCCC#CC#CC#CCC(=O)O. The summed E-state index contributed by atoms with van der Waals surface area (Å²) in [5.41, 5.74) is 0. The number of carboxylic acids is 1. The van der Waals surface area contributed by atoms with Crippen LogP contribution in [0.25, 0.3) is 0 Å². The van der Waals surface area contributed by atoms with Crippen molar-refractivity contribution in [2.45, 2.75) is 32.6 Å². The van der Waals surface area contributed by atoms with E-state index in [-0.39, 0.29) is 6.42 Å². The Bertz CT molecular complexity index is 347. The molecule has 2 nitrogen and oxygen atoms in total. The van der Waals surface area contributed by atoms with Crippen molar-refractivity contribution in [3.8, 4) is 35.5 Å². The van der Waals surface area contributed by atoms with Crippen LogP contribution in [0.15, 0.2) is 0 Å². The fourth-order valence-electron chi connectivity index (χ4n) is 0.598. The molecule has 0 heterocycles. The molecule has 0 aromatic heterocycles. The van der Waals surface area contributed by atoms with Gasteiger partial charge in [0, 0.05) is 6.42 Å². The molecular weight excluding hydrogens is 176 g/mol. The molecule has 0 bridgehead atoms. The topological polar surface area (TPSA) is 37.3 Å². The van der Waals surface area contributed by atoms with Crippen LogP contribution in [0.1, 0.15) is 32.6 Å². The predicted octanol–water partition coefficient (Wildman–Crippen LogP) is 1.66. The minimum Gasteiger partial charge on any atom is -0.481 e. The summed E-state index contributed by atoms with van der Waals surface area (Å²) in [6.45, 7) is 2.10. The Labute approximate surface area is 84.7 Å². The molecular formula is C12H12O2. The van der Waals surface area contributed by atoms with Gasteiger partial charge in [-0.15, -0.1) is 0 Å². The first-order valence-corrected chi connectivity index (χ1v) is 4.45. The Hall–Kier alpha value is -1.85. The zero-order chi connectivity index (χ0) is 10.6. The second-order valence-electron chi connectivity index (χ2n) is 2.53. The number of hydrogen-bond acceptors (Lipinski definition) is 1. The van der Waals surface area contributed by atoms with Crippen LogP contribution in [0, 0.1) is 35.5 Å². The molecule has 0 saturated heterocycles. The zero-order valence-corrected chi connectivity index (χ0v) is 8.18. The van der Waals surface area contributed by atoms with Crippen molar-refractivity contribution in [2.75, 3.05) is 0 Å². The molecule has 0 aromatic carbocycles. The van der Waals surface area contributed by atoms with Crippen LogP contribution in [-0.2, 0) is 4.79 Å². The molecule has 0 aliphatic heterocycles. The molecule has 0 fully saturated rings. The molecule has 1 N–H and O–H groups in total. The summed E-state index contributed by atoms with van der Waals surface area (Å²) in [6, 6.07) is 0. The van der Waals surface area contributed by atoms with Crippen LogP contribution in [-0.4, -0.2) is 11.1 Å². The normalized spacial score (nSPS) is 6.93. The number of aliphatic carboxylic acids is 1. The van der Waals surface area contributed by atoms with Gasteiger partial charge in [-0.3, -0.25) is 4.79 Å². The average molecular weight is 188 g/mol. The Balaban J connectivity index is 3.73. The Morgan fingerprint density at radius 3 is 2.36 bits per heavy atom. The maximum absolute atomic E-state index is 10.0. The third kappa shape index (κ3) is 10.2. The molecule has 0 aliphatic carbocycles. The fourth-order valence-corrected chi connectivity index (χ4v) is 0.598. The van der Waals surface area contributed by atoms with E-state index >= 15 is 0 Å². The average Bonchev–Trinajstić information content (AvgIpc) is 2.15. The van der Waals surface area contributed by atoms with E-state index in [0.29, 0.717) is 0 Å². The zero-order valence-electron chi connectivity index (χ0n) is 8.18. The molecule has 72 valence electrons. The Morgan fingerprint density at radius 2 is 1.79 bits per heavy atom. The molecule has 0 saturated carbocycles. The summed E-state index contributed by atoms with van der Waals surface area (Å²) in [4.78, 5) is 10.0. The number of rotatable bonds is 3. The molecule has 0 aliphatic rings. The third-order valence-electron chi connectivity index (χ3n) is 1.26. The molecule has 0 spiro atoms. The lowest BCUT2D eigenvalue weighted by molar-refractivity contribution is -0.135. The van der Waals surface area contributed by atoms with Gasteiger partial charge in [0.05, 0.1) is 0 Å². The summed E-state index contributed by atoms with van der Waals surface area (Å²) in [5.74, 6) is 14.4. The maximum Gasteiger partial charge on any atom is 0.315 e. The molecule has 0 radical (unpaired) electrons. The molecule has 14 heavy (non-hydrogen) atoms. The maximum atomic E-state index is 10.0. The van der Waals surface area contributed by atoms with E-state index in [0.717, 1.165) is 19.3 Å². The molecule has 0 atom stereocenters. The van der Waals surface area contributed by atoms with Gasteiger partial charge in [-0.2, -0.15) is 0 Å². The van der Waals surface area contributed by atoms with E-state index in [4.69, 9.17) is 5.11 Å². The van der Waals surface area contributed by atoms with E-state index in [1.807, 2.05) is 0 Å². The molecule has 0 unspecified atom stereocenters. The molecule has 0 aromatic rings. The van der Waals surface area contributed by atoms with Crippen LogP contribution >= 0.6 is 0 Å². The van der Waals surface area contributed by atoms with Gasteiger partial charge in [0.2, 0.25) is 0 Å². The van der Waals surface area contributed by atoms with Gasteiger partial charge in [0.1, 0.15) is 6.42 Å². The van der Waals surface area contributed by atoms with E-state index in [2.05, 4.69) is 42.4 Å². The molecule has 2 heteroatoms. The summed E-state index contributed by atoms with van der Waals surface area (Å²) in [6.07, 6.45) is 2.89. The Morgan fingerprint density at radius 1 is 1.14 bits per heavy atom. The van der Waals surface area contributed by atoms with Gasteiger partial charge in [-0.1, -0.05) is 25.2 Å². The Kier molecular flexibility index (Phi) is 8.02. The van der Waals surface area contributed by atoms with Crippen LogP contribution < -0.4 is 0 Å². The van der Waals surface area contributed by atoms with Crippen molar-refractivity contribution >= 4 is 5.97 Å². The standard InChI is InChI=1S/C12H12O2/c1-2-3-4-5-6-7-8-9-10-11-12(13)14/h2-4,11H2,1H3,(H,13,14). The lowest BCUT2D eigenvalue weighted by Gasteiger charge is -1.80. The lowest BCUT2D eigenvalue weighted by atomic mass is 10.2. The third-order valence-corrected chi connectivity index (χ3v) is 1.26. The van der Waals surface area contributed by atoms with Gasteiger partial charge >= 0.3 is 5.97 Å². The highest BCUT2D eigenvalue weighted by Gasteiger charge is 1.86. The van der Waals surface area contributed by atoms with Crippen molar-refractivity contribution in [3.05, 3.63) is 0 Å². The van der Waals surface area contributed by atoms with Crippen molar-refractivity contribution in [1.29, 1.82) is 0 Å². The lowest BCUT2D eigenvalue weighted by Crippen LogP contribution is -1.89. The van der Waals surface area contributed by atoms with E-state index < -0.39 is 5.97 Å². The minimum absolute atomic E-state index is 0.169. The van der Waals surface area contributed by atoms with Gasteiger partial charge in [0.15, 0.2) is 0 Å². The van der Waals surface area contributed by atoms with Crippen molar-refractivity contribution in [3.63, 3.8) is 0 Å². The van der Waals surface area contributed by atoms with Crippen molar-refractivity contribution in [1.82, 2.24) is 0 Å². The minimum atomic E-state index is -0.937. The van der Waals surface area contributed by atoms with Crippen LogP contribution in [0.4, 0.5) is 0 Å². The van der Waals surface area contributed by atoms with Crippen LogP contribution in [0.3, 0.4) is 0 Å². The second-order valence-corrected chi connectivity index (χ2v) is 2.53. The van der Waals surface area contributed by atoms with Gasteiger partial charge in [-0.05, 0) is 30.1 Å². The summed E-state index contributed by atoms with van der Waals surface area (Å²) in [7, 11) is 0. The van der Waals surface area contributed by atoms with Crippen molar-refractivity contribution in [2.24, 2.45) is 0 Å². The summed E-state index contributed by atoms with van der Waals surface area (Å²) >= 11 is 0. The first kappa shape index (κ1) is 12.2. The highest BCUT2D eigenvalue weighted by molar-refractivity contribution is 5.70.